The summed E-state index contributed by atoms with van der Waals surface area (Å²) in [6.07, 6.45) is 4.05. The average Bonchev–Trinajstić information content (AvgIpc) is 3.10. The quantitative estimate of drug-likeness (QED) is 0.387. The van der Waals surface area contributed by atoms with Crippen LogP contribution in [-0.4, -0.2) is 16.8 Å². The maximum atomic E-state index is 13.7. The third-order valence-corrected chi connectivity index (χ3v) is 7.53. The van der Waals surface area contributed by atoms with E-state index in [2.05, 4.69) is 0 Å². The van der Waals surface area contributed by atoms with Gasteiger partial charge >= 0.3 is 0 Å². The van der Waals surface area contributed by atoms with Crippen LogP contribution in [0.3, 0.4) is 0 Å². The van der Waals surface area contributed by atoms with E-state index in [0.717, 1.165) is 35.6 Å². The fourth-order valence-electron chi connectivity index (χ4n) is 5.68. The van der Waals surface area contributed by atoms with Gasteiger partial charge in [0.25, 0.3) is 5.91 Å². The van der Waals surface area contributed by atoms with Crippen LogP contribution in [-0.2, 0) is 29.8 Å². The molecule has 2 aliphatic rings. The molecule has 1 aliphatic carbocycles. The molecule has 1 N–H and O–H groups in total. The van der Waals surface area contributed by atoms with Gasteiger partial charge in [0.2, 0.25) is 0 Å². The Labute approximate surface area is 204 Å². The lowest BCUT2D eigenvalue weighted by molar-refractivity contribution is -0.136. The van der Waals surface area contributed by atoms with Crippen LogP contribution in [0.1, 0.15) is 51.9 Å². The summed E-state index contributed by atoms with van der Waals surface area (Å²) >= 11 is 0. The van der Waals surface area contributed by atoms with E-state index in [1.165, 1.54) is 17.5 Å². The molecule has 1 aliphatic heterocycles. The lowest BCUT2D eigenvalue weighted by atomic mass is 9.85. The fourth-order valence-corrected chi connectivity index (χ4v) is 5.68. The molecule has 0 saturated heterocycles. The number of aliphatic hydroxyl groups is 1. The number of para-hydroxylation sites is 1. The van der Waals surface area contributed by atoms with Crippen LogP contribution in [0.15, 0.2) is 84.9 Å². The Balaban J connectivity index is 1.34. The Morgan fingerprint density at radius 1 is 0.857 bits per heavy atom. The smallest absolute Gasteiger partial charge is 0.264 e. The van der Waals surface area contributed by atoms with Crippen molar-refractivity contribution in [1.82, 2.24) is 0 Å². The molecule has 1 atom stereocenters. The number of fused-ring (bicyclic) bond motifs is 3. The molecular weight excluding hydrogens is 434 g/mol. The third-order valence-electron chi connectivity index (χ3n) is 7.53. The van der Waals surface area contributed by atoms with E-state index in [4.69, 9.17) is 0 Å². The number of nitrogens with zero attached hydrogens (tertiary/aromatic N) is 1. The van der Waals surface area contributed by atoms with E-state index in [1.807, 2.05) is 78.9 Å². The molecule has 0 radical (unpaired) electrons. The zero-order valence-electron chi connectivity index (χ0n) is 19.5. The average molecular weight is 462 g/mol. The molecule has 0 fully saturated rings. The summed E-state index contributed by atoms with van der Waals surface area (Å²) < 4.78 is 0. The third kappa shape index (κ3) is 3.65. The lowest BCUT2D eigenvalue weighted by Crippen LogP contribution is -2.41. The fraction of sp³-hybridized carbons (Fsp3) is 0.226. The monoisotopic (exact) mass is 461 g/mol. The number of amides is 1. The van der Waals surface area contributed by atoms with Crippen LogP contribution in [0.5, 0.6) is 0 Å². The van der Waals surface area contributed by atoms with Gasteiger partial charge in [-0.25, -0.2) is 0 Å². The Morgan fingerprint density at radius 3 is 2.49 bits per heavy atom. The molecular formula is C31H27NO3. The van der Waals surface area contributed by atoms with Crippen molar-refractivity contribution in [3.63, 3.8) is 0 Å². The van der Waals surface area contributed by atoms with Crippen molar-refractivity contribution >= 4 is 28.2 Å². The van der Waals surface area contributed by atoms with Crippen LogP contribution < -0.4 is 4.90 Å². The Kier molecular flexibility index (Phi) is 5.27. The van der Waals surface area contributed by atoms with Crippen molar-refractivity contribution in [2.75, 3.05) is 4.90 Å². The number of rotatable bonds is 5. The van der Waals surface area contributed by atoms with Gasteiger partial charge in [0, 0.05) is 11.1 Å². The summed E-state index contributed by atoms with van der Waals surface area (Å²) in [7, 11) is 0. The highest BCUT2D eigenvalue weighted by Gasteiger charge is 2.50. The summed E-state index contributed by atoms with van der Waals surface area (Å²) in [5.41, 5.74) is 3.35. The summed E-state index contributed by atoms with van der Waals surface area (Å²) in [6, 6.07) is 27.2. The first kappa shape index (κ1) is 21.8. The minimum atomic E-state index is -1.88. The van der Waals surface area contributed by atoms with Crippen molar-refractivity contribution in [3.8, 4) is 0 Å². The Hall–Kier alpha value is -3.76. The van der Waals surface area contributed by atoms with E-state index in [-0.39, 0.29) is 12.2 Å². The zero-order chi connectivity index (χ0) is 24.0. The number of hydrogen-bond acceptors (Lipinski definition) is 3. The minimum absolute atomic E-state index is 0.212. The molecule has 4 aromatic rings. The number of benzene rings is 4. The van der Waals surface area contributed by atoms with E-state index >= 15 is 0 Å². The number of ketones is 1. The highest BCUT2D eigenvalue weighted by atomic mass is 16.3. The largest absolute Gasteiger partial charge is 0.375 e. The predicted octanol–water partition coefficient (Wildman–Crippen LogP) is 5.73. The first-order valence-electron chi connectivity index (χ1n) is 12.3. The van der Waals surface area contributed by atoms with Crippen molar-refractivity contribution in [2.24, 2.45) is 0 Å². The van der Waals surface area contributed by atoms with E-state index < -0.39 is 11.5 Å². The van der Waals surface area contributed by atoms with Gasteiger partial charge < -0.3 is 10.0 Å². The van der Waals surface area contributed by atoms with Gasteiger partial charge in [-0.15, -0.1) is 0 Å². The first-order valence-corrected chi connectivity index (χ1v) is 12.3. The van der Waals surface area contributed by atoms with Crippen molar-refractivity contribution in [3.05, 3.63) is 113 Å². The van der Waals surface area contributed by atoms with E-state index in [0.29, 0.717) is 23.4 Å². The lowest BCUT2D eigenvalue weighted by Gasteiger charge is -2.23. The van der Waals surface area contributed by atoms with Gasteiger partial charge in [-0.1, -0.05) is 72.8 Å². The molecule has 4 nitrogen and oxygen atoms in total. The molecule has 35 heavy (non-hydrogen) atoms. The second-order valence-corrected chi connectivity index (χ2v) is 9.70. The zero-order valence-corrected chi connectivity index (χ0v) is 19.5. The van der Waals surface area contributed by atoms with Crippen LogP contribution >= 0.6 is 0 Å². The van der Waals surface area contributed by atoms with E-state index in [9.17, 15) is 14.7 Å². The molecule has 0 bridgehead atoms. The van der Waals surface area contributed by atoms with Crippen molar-refractivity contribution in [2.45, 2.75) is 44.2 Å². The Bertz CT molecular complexity index is 1470. The number of Topliss-reactive ketones (excluding diaryl/α,β-unsaturated/α-hetero) is 1. The molecule has 0 unspecified atom stereocenters. The normalized spacial score (nSPS) is 19.0. The first-order chi connectivity index (χ1) is 17.0. The molecule has 6 rings (SSSR count). The molecule has 4 aromatic carbocycles. The number of hydrogen-bond donors (Lipinski definition) is 1. The molecule has 0 saturated carbocycles. The molecule has 1 amide bonds. The Morgan fingerprint density at radius 2 is 1.60 bits per heavy atom. The van der Waals surface area contributed by atoms with Crippen LogP contribution in [0.25, 0.3) is 10.8 Å². The summed E-state index contributed by atoms with van der Waals surface area (Å²) in [6.45, 7) is 0.326. The summed E-state index contributed by atoms with van der Waals surface area (Å²) in [5.74, 6) is -0.658. The van der Waals surface area contributed by atoms with Crippen molar-refractivity contribution in [1.29, 1.82) is 0 Å². The predicted molar refractivity (Wildman–Crippen MR) is 138 cm³/mol. The number of anilines is 1. The second-order valence-electron chi connectivity index (χ2n) is 9.70. The van der Waals surface area contributed by atoms with Gasteiger partial charge in [0.1, 0.15) is 0 Å². The molecule has 0 spiro atoms. The number of carbonyl (C=O) groups is 2. The standard InChI is InChI=1S/C31H27NO3/c33-29(24-17-16-21-8-1-2-10-23(21)18-24)19-31(35)27-14-5-6-15-28(27)32(30(31)34)20-25-12-7-11-22-9-3-4-13-26(22)25/h3-7,9,11-18,35H,1-2,8,10,19-20H2/t31-/m1/s1. The molecule has 1 heterocycles. The van der Waals surface area contributed by atoms with Crippen LogP contribution in [0.4, 0.5) is 5.69 Å². The van der Waals surface area contributed by atoms with Gasteiger partial charge in [-0.05, 0) is 65.3 Å². The maximum Gasteiger partial charge on any atom is 0.264 e. The number of aryl methyl sites for hydroxylation is 2. The second kappa shape index (κ2) is 8.47. The minimum Gasteiger partial charge on any atom is -0.375 e. The van der Waals surface area contributed by atoms with Gasteiger partial charge in [0.15, 0.2) is 11.4 Å². The molecule has 0 aromatic heterocycles. The molecule has 174 valence electrons. The highest BCUT2D eigenvalue weighted by molar-refractivity contribution is 6.11. The SMILES string of the molecule is O=C(C[C@]1(O)C(=O)N(Cc2cccc3ccccc23)c2ccccc21)c1ccc2c(c1)CCCC2. The molecule has 4 heteroatoms. The maximum absolute atomic E-state index is 13.7. The number of carbonyl (C=O) groups excluding carboxylic acids is 2. The highest BCUT2D eigenvalue weighted by Crippen LogP contribution is 2.44. The summed E-state index contributed by atoms with van der Waals surface area (Å²) in [4.78, 5) is 28.7. The van der Waals surface area contributed by atoms with Crippen LogP contribution in [0.2, 0.25) is 0 Å². The summed E-state index contributed by atoms with van der Waals surface area (Å²) in [5, 5.41) is 13.9. The van der Waals surface area contributed by atoms with Gasteiger partial charge in [-0.3, -0.25) is 9.59 Å². The van der Waals surface area contributed by atoms with Crippen molar-refractivity contribution < 1.29 is 14.7 Å². The van der Waals surface area contributed by atoms with Gasteiger partial charge in [0.05, 0.1) is 18.7 Å². The van der Waals surface area contributed by atoms with Crippen LogP contribution in [0, 0.1) is 0 Å². The topological polar surface area (TPSA) is 57.6 Å². The van der Waals surface area contributed by atoms with Gasteiger partial charge in [-0.2, -0.15) is 0 Å². The van der Waals surface area contributed by atoms with E-state index in [1.54, 1.807) is 11.0 Å².